The summed E-state index contributed by atoms with van der Waals surface area (Å²) in [5.74, 6) is 6.08. The molecular formula is C22H23BrN2O5. The van der Waals surface area contributed by atoms with Crippen LogP contribution < -0.4 is 4.74 Å². The Bertz CT molecular complexity index is 961. The van der Waals surface area contributed by atoms with Gasteiger partial charge in [0.15, 0.2) is 12.5 Å². The molecule has 2 aromatic rings. The molecule has 1 aromatic heterocycles. The lowest BCUT2D eigenvalue weighted by molar-refractivity contribution is -0.390. The van der Waals surface area contributed by atoms with Gasteiger partial charge in [0.05, 0.1) is 4.47 Å². The smallest absolute Gasteiger partial charge is 0.406 e. The summed E-state index contributed by atoms with van der Waals surface area (Å²) in [5.41, 5.74) is 1.00. The number of nitro groups is 1. The van der Waals surface area contributed by atoms with Gasteiger partial charge in [0, 0.05) is 18.2 Å². The molecule has 0 amide bonds. The number of ether oxygens (including phenoxy) is 3. The van der Waals surface area contributed by atoms with Crippen molar-refractivity contribution in [2.45, 2.75) is 51.6 Å². The maximum absolute atomic E-state index is 11.1. The molecule has 0 radical (unpaired) electrons. The minimum absolute atomic E-state index is 0.105. The maximum Gasteiger partial charge on any atom is 0.406 e. The molecule has 158 valence electrons. The Kier molecular flexibility index (Phi) is 7.43. The van der Waals surface area contributed by atoms with E-state index in [4.69, 9.17) is 14.2 Å². The van der Waals surface area contributed by atoms with Crippen LogP contribution in [-0.4, -0.2) is 28.4 Å². The van der Waals surface area contributed by atoms with E-state index in [0.29, 0.717) is 4.47 Å². The van der Waals surface area contributed by atoms with Gasteiger partial charge in [-0.1, -0.05) is 24.0 Å². The Balaban J connectivity index is 1.66. The summed E-state index contributed by atoms with van der Waals surface area (Å²) < 4.78 is 17.9. The van der Waals surface area contributed by atoms with Gasteiger partial charge in [-0.15, -0.1) is 0 Å². The highest BCUT2D eigenvalue weighted by molar-refractivity contribution is 9.10. The van der Waals surface area contributed by atoms with Crippen LogP contribution in [0.25, 0.3) is 0 Å². The summed E-state index contributed by atoms with van der Waals surface area (Å²) in [5, 5.41) is 11.1. The third kappa shape index (κ3) is 6.52. The van der Waals surface area contributed by atoms with Crippen molar-refractivity contribution >= 4 is 21.7 Å². The van der Waals surface area contributed by atoms with Crippen LogP contribution in [0.4, 0.5) is 5.82 Å². The Morgan fingerprint density at radius 3 is 2.93 bits per heavy atom. The molecule has 0 saturated carbocycles. The fourth-order valence-corrected chi connectivity index (χ4v) is 3.25. The SMILES string of the molecule is CC(C)(C#Cc1cccc(COc2cc(Br)cnc2[N+](=O)[O-])c1)OC1CCCCO1. The number of nitrogens with zero attached hydrogens (tertiary/aromatic N) is 2. The second-order valence-electron chi connectivity index (χ2n) is 7.40. The lowest BCUT2D eigenvalue weighted by Gasteiger charge is -2.29. The summed E-state index contributed by atoms with van der Waals surface area (Å²) in [6.45, 7) is 4.72. The number of benzene rings is 1. The molecule has 1 aliphatic rings. The van der Waals surface area contributed by atoms with E-state index in [1.54, 1.807) is 0 Å². The first-order valence-corrected chi connectivity index (χ1v) is 10.5. The molecule has 30 heavy (non-hydrogen) atoms. The molecule has 3 rings (SSSR count). The molecule has 8 heteroatoms. The molecular weight excluding hydrogens is 452 g/mol. The predicted molar refractivity (Wildman–Crippen MR) is 115 cm³/mol. The largest absolute Gasteiger partial charge is 0.481 e. The van der Waals surface area contributed by atoms with Gasteiger partial charge < -0.3 is 24.3 Å². The van der Waals surface area contributed by atoms with Crippen LogP contribution in [0.5, 0.6) is 5.75 Å². The fraction of sp³-hybridized carbons (Fsp3) is 0.409. The van der Waals surface area contributed by atoms with Crippen molar-refractivity contribution in [2.75, 3.05) is 6.61 Å². The molecule has 1 aromatic carbocycles. The monoisotopic (exact) mass is 474 g/mol. The van der Waals surface area contributed by atoms with Gasteiger partial charge >= 0.3 is 5.82 Å². The van der Waals surface area contributed by atoms with Gasteiger partial charge in [-0.25, -0.2) is 0 Å². The zero-order valence-electron chi connectivity index (χ0n) is 16.9. The van der Waals surface area contributed by atoms with E-state index in [1.807, 2.05) is 38.1 Å². The highest BCUT2D eigenvalue weighted by atomic mass is 79.9. The van der Waals surface area contributed by atoms with Gasteiger partial charge in [-0.3, -0.25) is 0 Å². The summed E-state index contributed by atoms with van der Waals surface area (Å²) in [6.07, 6.45) is 4.21. The number of hydrogen-bond donors (Lipinski definition) is 0. The second-order valence-corrected chi connectivity index (χ2v) is 8.31. The van der Waals surface area contributed by atoms with Crippen LogP contribution in [0, 0.1) is 22.0 Å². The van der Waals surface area contributed by atoms with Gasteiger partial charge in [0.25, 0.3) is 0 Å². The van der Waals surface area contributed by atoms with E-state index in [1.165, 1.54) is 12.3 Å². The Labute approximate surface area is 184 Å². The molecule has 1 saturated heterocycles. The highest BCUT2D eigenvalue weighted by Crippen LogP contribution is 2.28. The van der Waals surface area contributed by atoms with Gasteiger partial charge in [-0.2, -0.15) is 0 Å². The number of rotatable bonds is 6. The average Bonchev–Trinajstić information content (AvgIpc) is 2.71. The third-order valence-corrected chi connectivity index (χ3v) is 4.80. The van der Waals surface area contributed by atoms with Crippen LogP contribution in [0.3, 0.4) is 0 Å². The average molecular weight is 475 g/mol. The topological polar surface area (TPSA) is 83.7 Å². The molecule has 7 nitrogen and oxygen atoms in total. The van der Waals surface area contributed by atoms with Crippen LogP contribution in [0.1, 0.15) is 44.2 Å². The number of aromatic nitrogens is 1. The van der Waals surface area contributed by atoms with Gasteiger partial charge in [-0.05, 0) is 76.6 Å². The standard InChI is InChI=1S/C22H23BrN2O5/c1-22(2,30-20-8-3-4-11-28-20)10-9-16-6-5-7-17(12-16)15-29-19-13-18(23)14-24-21(19)25(26)27/h5-7,12-14,20H,3-4,8,11,15H2,1-2H3. The molecule has 1 unspecified atom stereocenters. The van der Waals surface area contributed by atoms with Crippen molar-refractivity contribution in [3.8, 4) is 17.6 Å². The van der Waals surface area contributed by atoms with Crippen molar-refractivity contribution in [3.63, 3.8) is 0 Å². The van der Waals surface area contributed by atoms with E-state index in [-0.39, 0.29) is 24.5 Å². The zero-order chi connectivity index (χ0) is 21.6. The van der Waals surface area contributed by atoms with Crippen molar-refractivity contribution in [2.24, 2.45) is 0 Å². The summed E-state index contributed by atoms with van der Waals surface area (Å²) in [6, 6.07) is 9.06. The molecule has 0 N–H and O–H groups in total. The minimum Gasteiger partial charge on any atom is -0.481 e. The molecule has 2 heterocycles. The van der Waals surface area contributed by atoms with E-state index in [9.17, 15) is 10.1 Å². The van der Waals surface area contributed by atoms with Crippen molar-refractivity contribution in [1.29, 1.82) is 0 Å². The van der Waals surface area contributed by atoms with Gasteiger partial charge in [0.2, 0.25) is 5.75 Å². The first-order valence-electron chi connectivity index (χ1n) is 9.67. The van der Waals surface area contributed by atoms with Gasteiger partial charge in [0.1, 0.15) is 12.2 Å². The quantitative estimate of drug-likeness (QED) is 0.332. The maximum atomic E-state index is 11.1. The molecule has 0 bridgehead atoms. The van der Waals surface area contributed by atoms with E-state index >= 15 is 0 Å². The van der Waals surface area contributed by atoms with Crippen molar-refractivity contribution < 1.29 is 19.1 Å². The lowest BCUT2D eigenvalue weighted by atomic mass is 10.1. The normalized spacial score (nSPS) is 16.4. The molecule has 0 aliphatic carbocycles. The molecule has 1 atom stereocenters. The van der Waals surface area contributed by atoms with Crippen LogP contribution in [-0.2, 0) is 16.1 Å². The minimum atomic E-state index is -0.642. The number of hydrogen-bond acceptors (Lipinski definition) is 6. The fourth-order valence-electron chi connectivity index (χ4n) is 2.94. The van der Waals surface area contributed by atoms with E-state index in [2.05, 4.69) is 32.8 Å². The van der Waals surface area contributed by atoms with E-state index < -0.39 is 10.5 Å². The van der Waals surface area contributed by atoms with Crippen LogP contribution >= 0.6 is 15.9 Å². The van der Waals surface area contributed by atoms with Crippen LogP contribution in [0.2, 0.25) is 0 Å². The molecule has 0 spiro atoms. The second kappa shape index (κ2) is 10.0. The predicted octanol–water partition coefficient (Wildman–Crippen LogP) is 5.00. The van der Waals surface area contributed by atoms with Crippen molar-refractivity contribution in [1.82, 2.24) is 4.98 Å². The molecule has 1 fully saturated rings. The number of halogens is 1. The summed E-state index contributed by atoms with van der Waals surface area (Å²) >= 11 is 3.25. The molecule has 1 aliphatic heterocycles. The first kappa shape index (κ1) is 22.2. The lowest BCUT2D eigenvalue weighted by Crippen LogP contribution is -2.33. The summed E-state index contributed by atoms with van der Waals surface area (Å²) in [7, 11) is 0. The zero-order valence-corrected chi connectivity index (χ0v) is 18.5. The van der Waals surface area contributed by atoms with E-state index in [0.717, 1.165) is 37.0 Å². The first-order chi connectivity index (χ1) is 14.3. The highest BCUT2D eigenvalue weighted by Gasteiger charge is 2.24. The Hall–Kier alpha value is -2.47. The third-order valence-electron chi connectivity index (χ3n) is 4.37. The Morgan fingerprint density at radius 1 is 1.37 bits per heavy atom. The Morgan fingerprint density at radius 2 is 2.20 bits per heavy atom. The number of pyridine rings is 1. The van der Waals surface area contributed by atoms with Crippen molar-refractivity contribution in [3.05, 3.63) is 62.2 Å². The van der Waals surface area contributed by atoms with Crippen LogP contribution in [0.15, 0.2) is 41.0 Å². The summed E-state index contributed by atoms with van der Waals surface area (Å²) in [4.78, 5) is 14.4.